The van der Waals surface area contributed by atoms with Gasteiger partial charge in [0.2, 0.25) is 11.9 Å². The van der Waals surface area contributed by atoms with Gasteiger partial charge in [0.05, 0.1) is 25.6 Å². The number of aliphatic imine (C=N–C) groups is 1. The van der Waals surface area contributed by atoms with Crippen molar-refractivity contribution in [3.05, 3.63) is 58.7 Å². The van der Waals surface area contributed by atoms with Crippen LogP contribution in [0.4, 0.5) is 5.95 Å². The molecule has 0 unspecified atom stereocenters. The molecule has 0 bridgehead atoms. The number of fused-ring (bicyclic) bond motifs is 1. The van der Waals surface area contributed by atoms with Crippen LogP contribution in [0.3, 0.4) is 0 Å². The van der Waals surface area contributed by atoms with Crippen molar-refractivity contribution in [1.82, 2.24) is 20.2 Å². The van der Waals surface area contributed by atoms with Crippen LogP contribution in [-0.2, 0) is 6.54 Å². The molecule has 1 aliphatic heterocycles. The number of nitrogens with one attached hydrogen (secondary N) is 2. The third-order valence-corrected chi connectivity index (χ3v) is 4.88. The topological polar surface area (TPSA) is 74.7 Å². The van der Waals surface area contributed by atoms with Gasteiger partial charge in [-0.15, -0.1) is 0 Å². The standard InChI is InChI=1S/C21H23ClN6O/c1-3-29-18-6-4-5-17-14(2)25-21(26-19(17)18)27-20-23-12-28(13-24-20)11-15-7-9-16(22)10-8-15/h4-10H,3,11-13H2,1-2H3,(H2,23,24,25,26,27). The highest BCUT2D eigenvalue weighted by Crippen LogP contribution is 2.26. The Kier molecular flexibility index (Phi) is 5.78. The van der Waals surface area contributed by atoms with Crippen molar-refractivity contribution in [3.63, 3.8) is 0 Å². The summed E-state index contributed by atoms with van der Waals surface area (Å²) in [6.45, 7) is 6.56. The minimum atomic E-state index is 0.500. The molecule has 0 saturated heterocycles. The fraction of sp³-hybridized carbons (Fsp3) is 0.286. The normalized spacial score (nSPS) is 14.4. The lowest BCUT2D eigenvalue weighted by Gasteiger charge is -2.27. The minimum Gasteiger partial charge on any atom is -0.492 e. The first-order chi connectivity index (χ1) is 14.1. The van der Waals surface area contributed by atoms with Gasteiger partial charge in [-0.2, -0.15) is 0 Å². The van der Waals surface area contributed by atoms with Gasteiger partial charge in [0.15, 0.2) is 0 Å². The van der Waals surface area contributed by atoms with E-state index in [1.165, 1.54) is 5.56 Å². The van der Waals surface area contributed by atoms with Gasteiger partial charge in [0, 0.05) is 17.0 Å². The van der Waals surface area contributed by atoms with Crippen molar-refractivity contribution in [2.75, 3.05) is 25.3 Å². The number of anilines is 1. The Labute approximate surface area is 174 Å². The van der Waals surface area contributed by atoms with Crippen LogP contribution in [0, 0.1) is 6.92 Å². The monoisotopic (exact) mass is 410 g/mol. The largest absolute Gasteiger partial charge is 0.492 e. The lowest BCUT2D eigenvalue weighted by atomic mass is 10.2. The van der Waals surface area contributed by atoms with Gasteiger partial charge in [-0.1, -0.05) is 35.9 Å². The summed E-state index contributed by atoms with van der Waals surface area (Å²) in [5.41, 5.74) is 2.88. The molecule has 2 N–H and O–H groups in total. The van der Waals surface area contributed by atoms with E-state index < -0.39 is 0 Å². The molecule has 29 heavy (non-hydrogen) atoms. The van der Waals surface area contributed by atoms with Crippen molar-refractivity contribution < 1.29 is 4.74 Å². The lowest BCUT2D eigenvalue weighted by molar-refractivity contribution is 0.256. The van der Waals surface area contributed by atoms with E-state index in [4.69, 9.17) is 16.3 Å². The summed E-state index contributed by atoms with van der Waals surface area (Å²) in [4.78, 5) is 16.0. The quantitative estimate of drug-likeness (QED) is 0.666. The molecule has 4 rings (SSSR count). The summed E-state index contributed by atoms with van der Waals surface area (Å²) in [7, 11) is 0. The molecule has 3 aromatic rings. The first-order valence-electron chi connectivity index (χ1n) is 9.54. The molecule has 7 nitrogen and oxygen atoms in total. The number of hydrogen-bond acceptors (Lipinski definition) is 7. The minimum absolute atomic E-state index is 0.500. The molecule has 0 aliphatic carbocycles. The summed E-state index contributed by atoms with van der Waals surface area (Å²) in [5.74, 6) is 1.91. The number of aromatic nitrogens is 2. The Morgan fingerprint density at radius 3 is 2.72 bits per heavy atom. The van der Waals surface area contributed by atoms with Crippen molar-refractivity contribution in [3.8, 4) is 5.75 Å². The lowest BCUT2D eigenvalue weighted by Crippen LogP contribution is -2.45. The second-order valence-corrected chi connectivity index (χ2v) is 7.22. The van der Waals surface area contributed by atoms with Crippen LogP contribution < -0.4 is 15.4 Å². The van der Waals surface area contributed by atoms with Crippen LogP contribution in [0.1, 0.15) is 18.2 Å². The van der Waals surface area contributed by atoms with E-state index in [1.807, 2.05) is 56.3 Å². The van der Waals surface area contributed by atoms with E-state index in [0.717, 1.165) is 33.9 Å². The fourth-order valence-electron chi connectivity index (χ4n) is 3.21. The van der Waals surface area contributed by atoms with Crippen molar-refractivity contribution in [2.45, 2.75) is 20.4 Å². The van der Waals surface area contributed by atoms with E-state index >= 15 is 0 Å². The predicted octanol–water partition coefficient (Wildman–Crippen LogP) is 3.78. The fourth-order valence-corrected chi connectivity index (χ4v) is 3.34. The zero-order chi connectivity index (χ0) is 20.2. The number of benzene rings is 2. The van der Waals surface area contributed by atoms with Gasteiger partial charge in [0.25, 0.3) is 0 Å². The molecule has 0 amide bonds. The Balaban J connectivity index is 1.46. The average molecular weight is 411 g/mol. The summed E-state index contributed by atoms with van der Waals surface area (Å²) in [6.07, 6.45) is 0. The summed E-state index contributed by atoms with van der Waals surface area (Å²) in [6, 6.07) is 13.7. The number of aryl methyl sites for hydroxylation is 1. The van der Waals surface area contributed by atoms with Gasteiger partial charge in [-0.25, -0.2) is 15.0 Å². The number of nitrogens with zero attached hydrogens (tertiary/aromatic N) is 4. The zero-order valence-corrected chi connectivity index (χ0v) is 17.2. The third-order valence-electron chi connectivity index (χ3n) is 4.63. The Morgan fingerprint density at radius 2 is 2.00 bits per heavy atom. The van der Waals surface area contributed by atoms with Gasteiger partial charge in [-0.3, -0.25) is 10.2 Å². The third kappa shape index (κ3) is 4.58. The van der Waals surface area contributed by atoms with Crippen molar-refractivity contribution in [2.24, 2.45) is 4.99 Å². The maximum Gasteiger partial charge on any atom is 0.230 e. The molecule has 1 aliphatic rings. The highest BCUT2D eigenvalue weighted by Gasteiger charge is 2.15. The second kappa shape index (κ2) is 8.63. The van der Waals surface area contributed by atoms with E-state index in [1.54, 1.807) is 0 Å². The number of hydrogen-bond donors (Lipinski definition) is 2. The van der Waals surface area contributed by atoms with Crippen molar-refractivity contribution in [1.29, 1.82) is 0 Å². The molecular formula is C21H23ClN6O. The van der Waals surface area contributed by atoms with Crippen LogP contribution in [0.15, 0.2) is 47.5 Å². The maximum absolute atomic E-state index is 5.95. The Bertz CT molecular complexity index is 1040. The van der Waals surface area contributed by atoms with Crippen LogP contribution >= 0.6 is 11.6 Å². The number of para-hydroxylation sites is 1. The van der Waals surface area contributed by atoms with Gasteiger partial charge >= 0.3 is 0 Å². The Hall–Kier alpha value is -2.90. The molecule has 1 aromatic heterocycles. The van der Waals surface area contributed by atoms with Gasteiger partial charge < -0.3 is 10.1 Å². The van der Waals surface area contributed by atoms with E-state index in [2.05, 4.69) is 30.5 Å². The zero-order valence-electron chi connectivity index (χ0n) is 16.4. The van der Waals surface area contributed by atoms with Crippen molar-refractivity contribution >= 4 is 34.4 Å². The SMILES string of the molecule is CCOc1cccc2c(C)nc(NC3=NCN(Cc4ccc(Cl)cc4)CN3)nc12. The van der Waals surface area contributed by atoms with E-state index in [-0.39, 0.29) is 0 Å². The van der Waals surface area contributed by atoms with E-state index in [9.17, 15) is 0 Å². The molecule has 0 atom stereocenters. The molecule has 2 aromatic carbocycles. The Morgan fingerprint density at radius 1 is 1.17 bits per heavy atom. The first kappa shape index (κ1) is 19.4. The van der Waals surface area contributed by atoms with Gasteiger partial charge in [-0.05, 0) is 37.6 Å². The number of ether oxygens (including phenoxy) is 1. The molecular weight excluding hydrogens is 388 g/mol. The molecule has 2 heterocycles. The maximum atomic E-state index is 5.95. The molecule has 150 valence electrons. The number of guanidine groups is 1. The molecule has 0 saturated carbocycles. The molecule has 8 heteroatoms. The second-order valence-electron chi connectivity index (χ2n) is 6.78. The van der Waals surface area contributed by atoms with Crippen LogP contribution in [0.2, 0.25) is 5.02 Å². The number of halogens is 1. The molecule has 0 fully saturated rings. The smallest absolute Gasteiger partial charge is 0.230 e. The summed E-state index contributed by atoms with van der Waals surface area (Å²) in [5, 5.41) is 8.20. The number of rotatable bonds is 5. The van der Waals surface area contributed by atoms with Crippen LogP contribution in [0.25, 0.3) is 10.9 Å². The average Bonchev–Trinajstić information content (AvgIpc) is 2.72. The van der Waals surface area contributed by atoms with Gasteiger partial charge in [0.1, 0.15) is 11.3 Å². The highest BCUT2D eigenvalue weighted by atomic mass is 35.5. The van der Waals surface area contributed by atoms with Crippen LogP contribution in [-0.4, -0.2) is 40.8 Å². The molecule has 0 spiro atoms. The first-order valence-corrected chi connectivity index (χ1v) is 9.92. The highest BCUT2D eigenvalue weighted by molar-refractivity contribution is 6.30. The molecule has 0 radical (unpaired) electrons. The predicted molar refractivity (Wildman–Crippen MR) is 116 cm³/mol. The van der Waals surface area contributed by atoms with E-state index in [0.29, 0.717) is 31.9 Å². The van der Waals surface area contributed by atoms with Crippen LogP contribution in [0.5, 0.6) is 5.75 Å². The summed E-state index contributed by atoms with van der Waals surface area (Å²) >= 11 is 5.95. The summed E-state index contributed by atoms with van der Waals surface area (Å²) < 4.78 is 5.72.